The van der Waals surface area contributed by atoms with Gasteiger partial charge in [-0.2, -0.15) is 0 Å². The van der Waals surface area contributed by atoms with Crippen LogP contribution in [-0.2, 0) is 6.42 Å². The lowest BCUT2D eigenvalue weighted by Gasteiger charge is -2.08. The van der Waals surface area contributed by atoms with E-state index in [-0.39, 0.29) is 23.2 Å². The second-order valence-electron chi connectivity index (χ2n) is 7.65. The summed E-state index contributed by atoms with van der Waals surface area (Å²) in [6.45, 7) is 0. The molecule has 4 aromatic rings. The molecule has 0 heterocycles. The van der Waals surface area contributed by atoms with Gasteiger partial charge in [0.2, 0.25) is 0 Å². The Morgan fingerprint density at radius 3 is 1.85 bits per heavy atom. The largest absolute Gasteiger partial charge is 0.322 e. The summed E-state index contributed by atoms with van der Waals surface area (Å²) in [6.07, 6.45) is 2.73. The van der Waals surface area contributed by atoms with E-state index in [1.165, 1.54) is 42.5 Å². The topological polar surface area (TPSA) is 58.2 Å². The van der Waals surface area contributed by atoms with Crippen LogP contribution in [-0.4, -0.2) is 11.8 Å². The van der Waals surface area contributed by atoms with E-state index in [4.69, 9.17) is 0 Å². The summed E-state index contributed by atoms with van der Waals surface area (Å²) in [6, 6.07) is 25.7. The lowest BCUT2D eigenvalue weighted by Crippen LogP contribution is -2.12. The van der Waals surface area contributed by atoms with Crippen LogP contribution < -0.4 is 10.6 Å². The third-order valence-corrected chi connectivity index (χ3v) is 5.15. The molecule has 2 amide bonds. The quantitative estimate of drug-likeness (QED) is 0.345. The van der Waals surface area contributed by atoms with Gasteiger partial charge < -0.3 is 10.6 Å². The molecular formula is C28H21F2N2O2. The minimum absolute atomic E-state index is 0.257. The van der Waals surface area contributed by atoms with Gasteiger partial charge in [0, 0.05) is 22.5 Å². The molecule has 0 aliphatic carbocycles. The second-order valence-corrected chi connectivity index (χ2v) is 7.65. The molecule has 6 heteroatoms. The molecule has 2 N–H and O–H groups in total. The predicted octanol–water partition coefficient (Wildman–Crippen LogP) is 6.26. The number of anilines is 2. The fraction of sp³-hybridized carbons (Fsp3) is 0.0357. The van der Waals surface area contributed by atoms with Crippen molar-refractivity contribution in [1.82, 2.24) is 0 Å². The van der Waals surface area contributed by atoms with Gasteiger partial charge in [0.05, 0.1) is 0 Å². The molecule has 0 fully saturated rings. The van der Waals surface area contributed by atoms with Crippen LogP contribution in [0.5, 0.6) is 0 Å². The van der Waals surface area contributed by atoms with Crippen LogP contribution in [0.4, 0.5) is 20.2 Å². The van der Waals surface area contributed by atoms with E-state index < -0.39 is 5.82 Å². The van der Waals surface area contributed by atoms with Crippen LogP contribution >= 0.6 is 0 Å². The number of rotatable bonds is 7. The smallest absolute Gasteiger partial charge is 0.255 e. The Morgan fingerprint density at radius 1 is 0.647 bits per heavy atom. The summed E-state index contributed by atoms with van der Waals surface area (Å²) in [5, 5.41) is 5.54. The minimum atomic E-state index is -0.458. The molecule has 0 aromatic heterocycles. The van der Waals surface area contributed by atoms with E-state index in [0.717, 1.165) is 11.1 Å². The number of amides is 2. The van der Waals surface area contributed by atoms with E-state index in [2.05, 4.69) is 10.6 Å². The molecule has 34 heavy (non-hydrogen) atoms. The van der Waals surface area contributed by atoms with Gasteiger partial charge in [0.15, 0.2) is 0 Å². The Hall–Kier alpha value is -4.32. The standard InChI is InChI=1S/C28H21F2N2O2/c29-23-12-10-21(11-13-23)27(33)31-25-14-6-19(7-15-25)4-5-20-8-16-26(17-9-20)32-28(34)22-2-1-3-24(30)18-22/h1-3,5-18H,4H2,(H,31,33)(H,32,34). The minimum Gasteiger partial charge on any atom is -0.322 e. The lowest BCUT2D eigenvalue weighted by atomic mass is 10.0. The van der Waals surface area contributed by atoms with Crippen molar-refractivity contribution in [3.8, 4) is 0 Å². The first-order chi connectivity index (χ1) is 16.5. The van der Waals surface area contributed by atoms with E-state index in [9.17, 15) is 18.4 Å². The van der Waals surface area contributed by atoms with Gasteiger partial charge in [-0.15, -0.1) is 0 Å². The molecular weight excluding hydrogens is 434 g/mol. The van der Waals surface area contributed by atoms with Crippen LogP contribution in [0.25, 0.3) is 0 Å². The van der Waals surface area contributed by atoms with Gasteiger partial charge in [0.1, 0.15) is 11.6 Å². The summed E-state index contributed by atoms with van der Waals surface area (Å²) in [4.78, 5) is 24.5. The summed E-state index contributed by atoms with van der Waals surface area (Å²) < 4.78 is 26.3. The maximum absolute atomic E-state index is 13.3. The fourth-order valence-corrected chi connectivity index (χ4v) is 3.30. The monoisotopic (exact) mass is 455 g/mol. The van der Waals surface area contributed by atoms with Gasteiger partial charge in [-0.3, -0.25) is 9.59 Å². The average molecular weight is 455 g/mol. The molecule has 0 aliphatic rings. The number of nitrogens with one attached hydrogen (secondary N) is 2. The molecule has 0 aliphatic heterocycles. The van der Waals surface area contributed by atoms with E-state index >= 15 is 0 Å². The maximum Gasteiger partial charge on any atom is 0.255 e. The zero-order chi connectivity index (χ0) is 23.9. The number of benzene rings is 4. The molecule has 1 radical (unpaired) electrons. The molecule has 4 nitrogen and oxygen atoms in total. The summed E-state index contributed by atoms with van der Waals surface area (Å²) in [5.41, 5.74) is 3.95. The molecule has 169 valence electrons. The van der Waals surface area contributed by atoms with Crippen molar-refractivity contribution in [2.75, 3.05) is 10.6 Å². The van der Waals surface area contributed by atoms with E-state index in [0.29, 0.717) is 23.4 Å². The molecule has 0 saturated carbocycles. The molecule has 4 aromatic carbocycles. The SMILES string of the molecule is O=C(Nc1ccc(C[CH]c2ccc(NC(=O)c3cccc(F)c3)cc2)cc1)c1ccc(F)cc1. The molecule has 0 saturated heterocycles. The highest BCUT2D eigenvalue weighted by molar-refractivity contribution is 6.04. The van der Waals surface area contributed by atoms with Crippen molar-refractivity contribution in [2.45, 2.75) is 6.42 Å². The van der Waals surface area contributed by atoms with Crippen LogP contribution in [0.15, 0.2) is 97.1 Å². The van der Waals surface area contributed by atoms with Crippen LogP contribution in [0.3, 0.4) is 0 Å². The first-order valence-corrected chi connectivity index (χ1v) is 10.6. The van der Waals surface area contributed by atoms with Crippen molar-refractivity contribution in [3.63, 3.8) is 0 Å². The normalized spacial score (nSPS) is 10.5. The third kappa shape index (κ3) is 6.13. The summed E-state index contributed by atoms with van der Waals surface area (Å²) >= 11 is 0. The Morgan fingerprint density at radius 2 is 1.24 bits per heavy atom. The number of hydrogen-bond acceptors (Lipinski definition) is 2. The van der Waals surface area contributed by atoms with Crippen molar-refractivity contribution >= 4 is 23.2 Å². The van der Waals surface area contributed by atoms with Crippen molar-refractivity contribution < 1.29 is 18.4 Å². The summed E-state index contributed by atoms with van der Waals surface area (Å²) in [7, 11) is 0. The molecule has 0 bridgehead atoms. The van der Waals surface area contributed by atoms with Gasteiger partial charge in [0.25, 0.3) is 11.8 Å². The number of carbonyl (C=O) groups is 2. The highest BCUT2D eigenvalue weighted by Gasteiger charge is 2.08. The summed E-state index contributed by atoms with van der Waals surface area (Å²) in [5.74, 6) is -1.52. The predicted molar refractivity (Wildman–Crippen MR) is 129 cm³/mol. The zero-order valence-corrected chi connectivity index (χ0v) is 18.1. The Balaban J connectivity index is 1.28. The van der Waals surface area contributed by atoms with E-state index in [1.54, 1.807) is 18.2 Å². The van der Waals surface area contributed by atoms with Gasteiger partial charge in [-0.1, -0.05) is 30.3 Å². The Labute approximate surface area is 196 Å². The first kappa shape index (κ1) is 22.9. The van der Waals surface area contributed by atoms with E-state index in [1.807, 2.05) is 42.8 Å². The Bertz CT molecular complexity index is 1290. The maximum atomic E-state index is 13.3. The van der Waals surface area contributed by atoms with Gasteiger partial charge in [-0.05, 0) is 90.7 Å². The number of hydrogen-bond donors (Lipinski definition) is 2. The molecule has 0 unspecified atom stereocenters. The molecule has 0 atom stereocenters. The molecule has 0 spiro atoms. The second kappa shape index (κ2) is 10.5. The van der Waals surface area contributed by atoms with Crippen LogP contribution in [0.1, 0.15) is 31.8 Å². The van der Waals surface area contributed by atoms with Gasteiger partial charge >= 0.3 is 0 Å². The van der Waals surface area contributed by atoms with Gasteiger partial charge in [-0.25, -0.2) is 8.78 Å². The fourth-order valence-electron chi connectivity index (χ4n) is 3.30. The zero-order valence-electron chi connectivity index (χ0n) is 18.1. The van der Waals surface area contributed by atoms with Crippen molar-refractivity contribution in [1.29, 1.82) is 0 Å². The third-order valence-electron chi connectivity index (χ3n) is 5.15. The first-order valence-electron chi connectivity index (χ1n) is 10.6. The van der Waals surface area contributed by atoms with Crippen molar-refractivity contribution in [3.05, 3.63) is 137 Å². The lowest BCUT2D eigenvalue weighted by molar-refractivity contribution is 0.101. The van der Waals surface area contributed by atoms with Crippen molar-refractivity contribution in [2.24, 2.45) is 0 Å². The highest BCUT2D eigenvalue weighted by atomic mass is 19.1. The van der Waals surface area contributed by atoms with Crippen LogP contribution in [0, 0.1) is 18.1 Å². The average Bonchev–Trinajstić information content (AvgIpc) is 2.85. The highest BCUT2D eigenvalue weighted by Crippen LogP contribution is 2.17. The number of carbonyl (C=O) groups excluding carboxylic acids is 2. The molecule has 4 rings (SSSR count). The Kier molecular flexibility index (Phi) is 7.08. The number of halogens is 2. The van der Waals surface area contributed by atoms with Crippen LogP contribution in [0.2, 0.25) is 0 Å².